The molecular formula is C11H14BrNO. The first-order valence-corrected chi connectivity index (χ1v) is 6.12. The van der Waals surface area contributed by atoms with Crippen LogP contribution < -0.4 is 0 Å². The Labute approximate surface area is 92.2 Å². The van der Waals surface area contributed by atoms with Gasteiger partial charge in [-0.05, 0) is 28.8 Å². The van der Waals surface area contributed by atoms with Gasteiger partial charge in [0.15, 0.2) is 0 Å². The van der Waals surface area contributed by atoms with Gasteiger partial charge in [-0.15, -0.1) is 0 Å². The average Bonchev–Trinajstić information content (AvgIpc) is 2.84. The number of H-pyrrole nitrogens is 1. The first-order valence-electron chi connectivity index (χ1n) is 5.33. The molecule has 0 atom stereocenters. The Balaban J connectivity index is 1.98. The minimum Gasteiger partial charge on any atom is -0.370 e. The van der Waals surface area contributed by atoms with Crippen molar-refractivity contribution in [2.75, 3.05) is 0 Å². The van der Waals surface area contributed by atoms with E-state index in [1.54, 1.807) is 0 Å². The van der Waals surface area contributed by atoms with Gasteiger partial charge in [0.25, 0.3) is 0 Å². The van der Waals surface area contributed by atoms with Gasteiger partial charge in [0.2, 0.25) is 0 Å². The molecule has 1 aromatic heterocycles. The molecule has 2 nitrogen and oxygen atoms in total. The molecule has 0 bridgehead atoms. The van der Waals surface area contributed by atoms with Crippen LogP contribution in [0.4, 0.5) is 0 Å². The van der Waals surface area contributed by atoms with Gasteiger partial charge in [-0.3, -0.25) is 0 Å². The summed E-state index contributed by atoms with van der Waals surface area (Å²) in [5, 5.41) is 0. The zero-order chi connectivity index (χ0) is 9.54. The van der Waals surface area contributed by atoms with Crippen LogP contribution in [0.5, 0.6) is 0 Å². The van der Waals surface area contributed by atoms with Gasteiger partial charge in [0, 0.05) is 27.3 Å². The summed E-state index contributed by atoms with van der Waals surface area (Å²) in [5.74, 6) is 0.759. The van der Waals surface area contributed by atoms with Crippen LogP contribution in [0.1, 0.15) is 48.6 Å². The molecule has 76 valence electrons. The number of nitrogens with one attached hydrogen (secondary N) is 1. The first kappa shape index (κ1) is 8.98. The number of aromatic nitrogens is 1. The Bertz CT molecular complexity index is 352. The van der Waals surface area contributed by atoms with Crippen LogP contribution >= 0.6 is 15.9 Å². The minimum absolute atomic E-state index is 0.759. The molecular weight excluding hydrogens is 242 g/mol. The highest BCUT2D eigenvalue weighted by atomic mass is 79.9. The van der Waals surface area contributed by atoms with Gasteiger partial charge in [-0.1, -0.05) is 12.8 Å². The number of halogens is 1. The summed E-state index contributed by atoms with van der Waals surface area (Å²) < 4.78 is 6.68. The monoisotopic (exact) mass is 255 g/mol. The molecule has 3 rings (SSSR count). The molecule has 1 aliphatic carbocycles. The Hall–Kier alpha value is -0.280. The maximum Gasteiger partial charge on any atom is 0.0874 e. The predicted octanol–water partition coefficient (Wildman–Crippen LogP) is 3.47. The fourth-order valence-electron chi connectivity index (χ4n) is 2.61. The highest BCUT2D eigenvalue weighted by molar-refractivity contribution is 9.10. The molecule has 1 aromatic rings. The molecule has 1 aliphatic heterocycles. The molecule has 0 radical (unpaired) electrons. The van der Waals surface area contributed by atoms with Crippen LogP contribution in [-0.4, -0.2) is 4.98 Å². The number of hydrogen-bond donors (Lipinski definition) is 1. The SMILES string of the molecule is Brc1c(C2CCCC2)[nH]c2c1COC2. The molecule has 0 spiro atoms. The number of hydrogen-bond acceptors (Lipinski definition) is 1. The number of ether oxygens (including phenoxy) is 1. The van der Waals surface area contributed by atoms with E-state index in [9.17, 15) is 0 Å². The van der Waals surface area contributed by atoms with Gasteiger partial charge in [0.1, 0.15) is 0 Å². The number of fused-ring (bicyclic) bond motifs is 1. The molecule has 14 heavy (non-hydrogen) atoms. The van der Waals surface area contributed by atoms with Gasteiger partial charge in [-0.2, -0.15) is 0 Å². The quantitative estimate of drug-likeness (QED) is 0.817. The Kier molecular flexibility index (Phi) is 2.17. The molecule has 1 saturated carbocycles. The zero-order valence-electron chi connectivity index (χ0n) is 8.11. The summed E-state index contributed by atoms with van der Waals surface area (Å²) in [7, 11) is 0. The van der Waals surface area contributed by atoms with E-state index in [1.807, 2.05) is 0 Å². The van der Waals surface area contributed by atoms with Gasteiger partial charge >= 0.3 is 0 Å². The van der Waals surface area contributed by atoms with Crippen molar-refractivity contribution in [2.24, 2.45) is 0 Å². The minimum atomic E-state index is 0.759. The molecule has 3 heteroatoms. The van der Waals surface area contributed by atoms with Crippen molar-refractivity contribution >= 4 is 15.9 Å². The van der Waals surface area contributed by atoms with Gasteiger partial charge in [-0.25, -0.2) is 0 Å². The lowest BCUT2D eigenvalue weighted by atomic mass is 10.0. The van der Waals surface area contributed by atoms with Gasteiger partial charge < -0.3 is 9.72 Å². The van der Waals surface area contributed by atoms with Crippen molar-refractivity contribution in [1.82, 2.24) is 4.98 Å². The van der Waals surface area contributed by atoms with Crippen LogP contribution in [0.15, 0.2) is 4.47 Å². The Morgan fingerprint density at radius 1 is 1.21 bits per heavy atom. The van der Waals surface area contributed by atoms with Crippen molar-refractivity contribution in [3.05, 3.63) is 21.4 Å². The van der Waals surface area contributed by atoms with E-state index >= 15 is 0 Å². The number of aromatic amines is 1. The van der Waals surface area contributed by atoms with Crippen LogP contribution in [0.2, 0.25) is 0 Å². The third kappa shape index (κ3) is 1.26. The van der Waals surface area contributed by atoms with Crippen LogP contribution in [0.3, 0.4) is 0 Å². The first-order chi connectivity index (χ1) is 6.86. The molecule has 2 heterocycles. The highest BCUT2D eigenvalue weighted by Crippen LogP contribution is 2.41. The highest BCUT2D eigenvalue weighted by Gasteiger charge is 2.26. The summed E-state index contributed by atoms with van der Waals surface area (Å²) in [6, 6.07) is 0. The van der Waals surface area contributed by atoms with Crippen molar-refractivity contribution in [3.8, 4) is 0 Å². The van der Waals surface area contributed by atoms with Crippen molar-refractivity contribution < 1.29 is 4.74 Å². The van der Waals surface area contributed by atoms with Crippen molar-refractivity contribution in [2.45, 2.75) is 44.8 Å². The third-order valence-corrected chi connectivity index (χ3v) is 4.31. The normalized spacial score (nSPS) is 21.8. The smallest absolute Gasteiger partial charge is 0.0874 e. The van der Waals surface area contributed by atoms with Crippen LogP contribution in [0.25, 0.3) is 0 Å². The topological polar surface area (TPSA) is 25.0 Å². The van der Waals surface area contributed by atoms with E-state index in [2.05, 4.69) is 20.9 Å². The van der Waals surface area contributed by atoms with E-state index in [0.29, 0.717) is 0 Å². The van der Waals surface area contributed by atoms with E-state index in [-0.39, 0.29) is 0 Å². The maximum atomic E-state index is 5.39. The molecule has 1 fully saturated rings. The summed E-state index contributed by atoms with van der Waals surface area (Å²) in [5.41, 5.74) is 4.07. The summed E-state index contributed by atoms with van der Waals surface area (Å²) >= 11 is 3.70. The van der Waals surface area contributed by atoms with Crippen molar-refractivity contribution in [1.29, 1.82) is 0 Å². The lowest BCUT2D eigenvalue weighted by molar-refractivity contribution is 0.132. The van der Waals surface area contributed by atoms with Crippen LogP contribution in [0, 0.1) is 0 Å². The zero-order valence-corrected chi connectivity index (χ0v) is 9.69. The molecule has 1 N–H and O–H groups in total. The fourth-order valence-corrected chi connectivity index (χ4v) is 3.39. The number of rotatable bonds is 1. The van der Waals surface area contributed by atoms with E-state index in [1.165, 1.54) is 47.1 Å². The Morgan fingerprint density at radius 3 is 2.71 bits per heavy atom. The lowest BCUT2D eigenvalue weighted by Crippen LogP contribution is -1.95. The molecule has 2 aliphatic rings. The second-order valence-corrected chi connectivity index (χ2v) is 5.08. The maximum absolute atomic E-state index is 5.39. The predicted molar refractivity (Wildman–Crippen MR) is 58.2 cm³/mol. The largest absolute Gasteiger partial charge is 0.370 e. The molecule has 0 amide bonds. The summed E-state index contributed by atoms with van der Waals surface area (Å²) in [6.45, 7) is 1.54. The van der Waals surface area contributed by atoms with E-state index < -0.39 is 0 Å². The molecule has 0 unspecified atom stereocenters. The second kappa shape index (κ2) is 3.38. The van der Waals surface area contributed by atoms with E-state index in [0.717, 1.165) is 19.1 Å². The van der Waals surface area contributed by atoms with E-state index in [4.69, 9.17) is 4.74 Å². The standard InChI is InChI=1S/C11H14BrNO/c12-10-8-5-14-6-9(8)13-11(10)7-3-1-2-4-7/h7,13H,1-6H2. The lowest BCUT2D eigenvalue weighted by Gasteiger charge is -2.08. The summed E-state index contributed by atoms with van der Waals surface area (Å²) in [6.07, 6.45) is 5.46. The molecule has 0 aromatic carbocycles. The fraction of sp³-hybridized carbons (Fsp3) is 0.636. The average molecular weight is 256 g/mol. The second-order valence-electron chi connectivity index (χ2n) is 4.28. The Morgan fingerprint density at radius 2 is 2.00 bits per heavy atom. The van der Waals surface area contributed by atoms with Crippen LogP contribution in [-0.2, 0) is 18.0 Å². The molecule has 0 saturated heterocycles. The summed E-state index contributed by atoms with van der Waals surface area (Å²) in [4.78, 5) is 3.53. The third-order valence-electron chi connectivity index (χ3n) is 3.41. The van der Waals surface area contributed by atoms with Gasteiger partial charge in [0.05, 0.1) is 13.2 Å². The van der Waals surface area contributed by atoms with Crippen molar-refractivity contribution in [3.63, 3.8) is 0 Å².